The predicted molar refractivity (Wildman–Crippen MR) is 76.2 cm³/mol. The molecule has 1 fully saturated rings. The van der Waals surface area contributed by atoms with Gasteiger partial charge in [-0.25, -0.2) is 8.78 Å². The third kappa shape index (κ3) is 3.61. The topological polar surface area (TPSA) is 66.4 Å². The average Bonchev–Trinajstić information content (AvgIpc) is 3.21. The van der Waals surface area contributed by atoms with E-state index >= 15 is 0 Å². The van der Waals surface area contributed by atoms with E-state index in [0.717, 1.165) is 18.2 Å². The molecule has 0 aromatic heterocycles. The van der Waals surface area contributed by atoms with Crippen LogP contribution in [0.2, 0.25) is 0 Å². The van der Waals surface area contributed by atoms with Crippen molar-refractivity contribution in [1.29, 1.82) is 0 Å². The number of carboxylic acid groups (broad SMARTS) is 1. The highest BCUT2D eigenvalue weighted by molar-refractivity contribution is 5.83. The number of carbonyl (C=O) groups excluding carboxylic acids is 1. The number of rotatable bonds is 6. The number of carbonyl (C=O) groups is 2. The molecule has 22 heavy (non-hydrogen) atoms. The number of nitrogens with one attached hydrogen (secondary N) is 1. The Kier molecular flexibility index (Phi) is 4.49. The van der Waals surface area contributed by atoms with Gasteiger partial charge in [0, 0.05) is 12.5 Å². The van der Waals surface area contributed by atoms with Gasteiger partial charge in [0.2, 0.25) is 5.91 Å². The van der Waals surface area contributed by atoms with Crippen molar-refractivity contribution in [3.05, 3.63) is 35.4 Å². The minimum Gasteiger partial charge on any atom is -0.481 e. The van der Waals surface area contributed by atoms with Crippen molar-refractivity contribution in [1.82, 2.24) is 5.32 Å². The van der Waals surface area contributed by atoms with Crippen LogP contribution in [-0.2, 0) is 9.59 Å². The molecule has 1 aliphatic carbocycles. The van der Waals surface area contributed by atoms with E-state index in [4.69, 9.17) is 5.11 Å². The van der Waals surface area contributed by atoms with Gasteiger partial charge in [0.15, 0.2) is 0 Å². The molecule has 1 aromatic carbocycles. The molecule has 2 N–H and O–H groups in total. The van der Waals surface area contributed by atoms with E-state index in [-0.39, 0.29) is 29.9 Å². The molecule has 4 nitrogen and oxygen atoms in total. The lowest BCUT2D eigenvalue weighted by Crippen LogP contribution is -2.32. The van der Waals surface area contributed by atoms with Gasteiger partial charge in [-0.2, -0.15) is 0 Å². The van der Waals surface area contributed by atoms with Gasteiger partial charge in [-0.3, -0.25) is 9.59 Å². The number of halogens is 2. The average molecular weight is 311 g/mol. The Morgan fingerprint density at radius 2 is 2.05 bits per heavy atom. The summed E-state index contributed by atoms with van der Waals surface area (Å²) in [5, 5.41) is 11.7. The van der Waals surface area contributed by atoms with Gasteiger partial charge in [-0.1, -0.05) is 0 Å². The first kappa shape index (κ1) is 16.4. The summed E-state index contributed by atoms with van der Waals surface area (Å²) in [5.74, 6) is -2.87. The minimum absolute atomic E-state index is 0.228. The molecule has 0 heterocycles. The van der Waals surface area contributed by atoms with Crippen molar-refractivity contribution in [3.8, 4) is 0 Å². The standard InChI is InChI=1S/C16H19F2NO3/c1-16(2,15(21)22)5-6-19-14(20)12-8-10(12)11-7-9(17)3-4-13(11)18/h3-4,7,10,12H,5-6,8H2,1-2H3,(H,19,20)(H,21,22). The van der Waals surface area contributed by atoms with Crippen LogP contribution < -0.4 is 5.32 Å². The number of hydrogen-bond acceptors (Lipinski definition) is 2. The number of hydrogen-bond donors (Lipinski definition) is 2. The second-order valence-corrected chi connectivity index (χ2v) is 6.34. The zero-order valence-corrected chi connectivity index (χ0v) is 12.5. The van der Waals surface area contributed by atoms with Crippen LogP contribution in [0, 0.1) is 23.0 Å². The highest BCUT2D eigenvalue weighted by Crippen LogP contribution is 2.48. The van der Waals surface area contributed by atoms with E-state index in [1.807, 2.05) is 0 Å². The maximum absolute atomic E-state index is 13.6. The van der Waals surface area contributed by atoms with Crippen molar-refractivity contribution < 1.29 is 23.5 Å². The Morgan fingerprint density at radius 3 is 2.68 bits per heavy atom. The summed E-state index contributed by atoms with van der Waals surface area (Å²) in [5.41, 5.74) is -0.684. The Labute approximate surface area is 127 Å². The van der Waals surface area contributed by atoms with Crippen LogP contribution in [0.1, 0.15) is 38.2 Å². The van der Waals surface area contributed by atoms with Gasteiger partial charge >= 0.3 is 5.97 Å². The minimum atomic E-state index is -0.923. The molecule has 0 aliphatic heterocycles. The van der Waals surface area contributed by atoms with Crippen LogP contribution in [0.25, 0.3) is 0 Å². The molecule has 2 atom stereocenters. The van der Waals surface area contributed by atoms with Crippen LogP contribution in [0.4, 0.5) is 8.78 Å². The lowest BCUT2D eigenvalue weighted by atomic mass is 9.90. The van der Waals surface area contributed by atoms with E-state index in [1.165, 1.54) is 0 Å². The summed E-state index contributed by atoms with van der Waals surface area (Å²) < 4.78 is 26.8. The maximum atomic E-state index is 13.6. The van der Waals surface area contributed by atoms with E-state index < -0.39 is 23.0 Å². The van der Waals surface area contributed by atoms with Gasteiger partial charge < -0.3 is 10.4 Å². The van der Waals surface area contributed by atoms with Crippen molar-refractivity contribution in [2.45, 2.75) is 32.6 Å². The predicted octanol–water partition coefficient (Wildman–Crippen LogP) is 2.69. The summed E-state index contributed by atoms with van der Waals surface area (Å²) >= 11 is 0. The molecule has 0 radical (unpaired) electrons. The van der Waals surface area contributed by atoms with Crippen molar-refractivity contribution in [2.24, 2.45) is 11.3 Å². The molecule has 1 aliphatic rings. The largest absolute Gasteiger partial charge is 0.481 e. The zero-order valence-electron chi connectivity index (χ0n) is 12.5. The maximum Gasteiger partial charge on any atom is 0.309 e. The summed E-state index contributed by atoms with van der Waals surface area (Å²) in [6, 6.07) is 3.23. The molecule has 0 saturated heterocycles. The van der Waals surface area contributed by atoms with Crippen molar-refractivity contribution >= 4 is 11.9 Å². The third-order valence-corrected chi connectivity index (χ3v) is 4.11. The van der Waals surface area contributed by atoms with Gasteiger partial charge in [-0.05, 0) is 56.4 Å². The molecule has 6 heteroatoms. The Morgan fingerprint density at radius 1 is 1.36 bits per heavy atom. The molecule has 2 rings (SSSR count). The third-order valence-electron chi connectivity index (χ3n) is 4.11. The van der Waals surface area contributed by atoms with E-state index in [1.54, 1.807) is 13.8 Å². The van der Waals surface area contributed by atoms with Crippen LogP contribution in [0.3, 0.4) is 0 Å². The first-order valence-corrected chi connectivity index (χ1v) is 7.18. The van der Waals surface area contributed by atoms with Crippen molar-refractivity contribution in [3.63, 3.8) is 0 Å². The highest BCUT2D eigenvalue weighted by atomic mass is 19.1. The molecule has 1 aromatic rings. The Hall–Kier alpha value is -1.98. The first-order chi connectivity index (χ1) is 10.2. The van der Waals surface area contributed by atoms with Crippen LogP contribution in [0.5, 0.6) is 0 Å². The lowest BCUT2D eigenvalue weighted by Gasteiger charge is -2.18. The van der Waals surface area contributed by atoms with E-state index in [2.05, 4.69) is 5.32 Å². The molecule has 2 unspecified atom stereocenters. The molecule has 0 bridgehead atoms. The van der Waals surface area contributed by atoms with Crippen LogP contribution in [-0.4, -0.2) is 23.5 Å². The normalized spacial score (nSPS) is 20.5. The second kappa shape index (κ2) is 6.02. The molecule has 120 valence electrons. The molecular weight excluding hydrogens is 292 g/mol. The smallest absolute Gasteiger partial charge is 0.309 e. The van der Waals surface area contributed by atoms with E-state index in [9.17, 15) is 18.4 Å². The summed E-state index contributed by atoms with van der Waals surface area (Å²) in [6.07, 6.45) is 0.786. The van der Waals surface area contributed by atoms with Gasteiger partial charge in [-0.15, -0.1) is 0 Å². The van der Waals surface area contributed by atoms with Gasteiger partial charge in [0.05, 0.1) is 5.41 Å². The SMILES string of the molecule is CC(C)(CCNC(=O)C1CC1c1cc(F)ccc1F)C(=O)O. The van der Waals surface area contributed by atoms with Crippen LogP contribution in [0.15, 0.2) is 18.2 Å². The fourth-order valence-corrected chi connectivity index (χ4v) is 2.36. The Bertz CT molecular complexity index is 601. The van der Waals surface area contributed by atoms with Crippen molar-refractivity contribution in [2.75, 3.05) is 6.54 Å². The fourth-order valence-electron chi connectivity index (χ4n) is 2.36. The molecule has 1 amide bonds. The zero-order chi connectivity index (χ0) is 16.5. The highest BCUT2D eigenvalue weighted by Gasteiger charge is 2.45. The number of amides is 1. The van der Waals surface area contributed by atoms with Gasteiger partial charge in [0.1, 0.15) is 11.6 Å². The number of carboxylic acids is 1. The number of benzene rings is 1. The summed E-state index contributed by atoms with van der Waals surface area (Å²) in [7, 11) is 0. The lowest BCUT2D eigenvalue weighted by molar-refractivity contribution is -0.147. The summed E-state index contributed by atoms with van der Waals surface area (Å²) in [6.45, 7) is 3.42. The second-order valence-electron chi connectivity index (χ2n) is 6.34. The Balaban J connectivity index is 1.86. The molecular formula is C16H19F2NO3. The monoisotopic (exact) mass is 311 g/mol. The van der Waals surface area contributed by atoms with Gasteiger partial charge in [0.25, 0.3) is 0 Å². The van der Waals surface area contributed by atoms with Crippen LogP contribution >= 0.6 is 0 Å². The van der Waals surface area contributed by atoms with E-state index in [0.29, 0.717) is 12.8 Å². The summed E-state index contributed by atoms with van der Waals surface area (Å²) in [4.78, 5) is 22.9. The first-order valence-electron chi connectivity index (χ1n) is 7.18. The molecule has 0 spiro atoms. The number of aliphatic carboxylic acids is 1. The molecule has 1 saturated carbocycles. The quantitative estimate of drug-likeness (QED) is 0.849. The fraction of sp³-hybridized carbons (Fsp3) is 0.500.